The van der Waals surface area contributed by atoms with Crippen LogP contribution in [-0.4, -0.2) is 29.0 Å². The number of fused-ring (bicyclic) bond motifs is 3. The first kappa shape index (κ1) is 14.3. The predicted octanol–water partition coefficient (Wildman–Crippen LogP) is 4.86. The van der Waals surface area contributed by atoms with Gasteiger partial charge < -0.3 is 4.98 Å². The molecule has 2 aliphatic rings. The van der Waals surface area contributed by atoms with Gasteiger partial charge in [-0.2, -0.15) is 0 Å². The summed E-state index contributed by atoms with van der Waals surface area (Å²) in [4.78, 5) is 6.35. The standard InChI is InChI=1S/C22H24N2/c1-24-17-12-11-16(13-17)21(24)14-19-18-9-5-6-10-20(18)23-22(19)15-7-3-2-4-8-15/h2-10,16-17,21,23H,11-14H2,1H3. The highest BCUT2D eigenvalue weighted by atomic mass is 15.2. The number of hydrogen-bond donors (Lipinski definition) is 1. The summed E-state index contributed by atoms with van der Waals surface area (Å²) in [6.45, 7) is 0. The van der Waals surface area contributed by atoms with Crippen molar-refractivity contribution in [2.24, 2.45) is 5.92 Å². The van der Waals surface area contributed by atoms with Crippen molar-refractivity contribution in [1.82, 2.24) is 9.88 Å². The highest BCUT2D eigenvalue weighted by Crippen LogP contribution is 2.44. The average Bonchev–Trinajstić information content (AvgIpc) is 3.31. The number of benzene rings is 2. The van der Waals surface area contributed by atoms with Gasteiger partial charge in [0.1, 0.15) is 0 Å². The van der Waals surface area contributed by atoms with Crippen LogP contribution in [0.4, 0.5) is 0 Å². The fraction of sp³-hybridized carbons (Fsp3) is 0.364. The van der Waals surface area contributed by atoms with E-state index in [2.05, 4.69) is 71.5 Å². The molecule has 1 saturated heterocycles. The third-order valence-corrected chi connectivity index (χ3v) is 6.38. The van der Waals surface area contributed by atoms with Crippen LogP contribution in [0.5, 0.6) is 0 Å². The quantitative estimate of drug-likeness (QED) is 0.731. The van der Waals surface area contributed by atoms with Gasteiger partial charge in [-0.05, 0) is 55.8 Å². The molecule has 3 atom stereocenters. The molecular weight excluding hydrogens is 292 g/mol. The number of aromatic amines is 1. The van der Waals surface area contributed by atoms with Crippen molar-refractivity contribution in [3.05, 3.63) is 60.2 Å². The number of piperidine rings is 1. The van der Waals surface area contributed by atoms with Crippen molar-refractivity contribution in [2.75, 3.05) is 7.05 Å². The Labute approximate surface area is 143 Å². The molecule has 3 unspecified atom stereocenters. The summed E-state index contributed by atoms with van der Waals surface area (Å²) in [5.41, 5.74) is 5.38. The summed E-state index contributed by atoms with van der Waals surface area (Å²) in [6, 6.07) is 21.1. The van der Waals surface area contributed by atoms with Gasteiger partial charge in [-0.15, -0.1) is 0 Å². The summed E-state index contributed by atoms with van der Waals surface area (Å²) >= 11 is 0. The minimum absolute atomic E-state index is 0.699. The molecule has 2 nitrogen and oxygen atoms in total. The van der Waals surface area contributed by atoms with Gasteiger partial charge in [0.05, 0.1) is 0 Å². The second-order valence-corrected chi connectivity index (χ2v) is 7.55. The van der Waals surface area contributed by atoms with Gasteiger partial charge in [0.2, 0.25) is 0 Å². The monoisotopic (exact) mass is 316 g/mol. The molecule has 0 spiro atoms. The summed E-state index contributed by atoms with van der Waals surface area (Å²) in [5, 5.41) is 1.40. The molecule has 122 valence electrons. The molecule has 1 saturated carbocycles. The van der Waals surface area contributed by atoms with E-state index in [0.717, 1.165) is 18.4 Å². The Morgan fingerprint density at radius 1 is 1.00 bits per heavy atom. The second kappa shape index (κ2) is 5.49. The van der Waals surface area contributed by atoms with Crippen LogP contribution < -0.4 is 0 Å². The number of likely N-dealkylation sites (N-methyl/N-ethyl adjacent to an activating group) is 1. The van der Waals surface area contributed by atoms with Gasteiger partial charge >= 0.3 is 0 Å². The third-order valence-electron chi connectivity index (χ3n) is 6.38. The van der Waals surface area contributed by atoms with E-state index in [1.54, 1.807) is 0 Å². The number of likely N-dealkylation sites (tertiary alicyclic amines) is 1. The maximum absolute atomic E-state index is 3.69. The van der Waals surface area contributed by atoms with Gasteiger partial charge in [-0.1, -0.05) is 48.5 Å². The fourth-order valence-electron chi connectivity index (χ4n) is 5.10. The third kappa shape index (κ3) is 2.13. The van der Waals surface area contributed by atoms with E-state index in [-0.39, 0.29) is 0 Å². The Balaban J connectivity index is 1.61. The van der Waals surface area contributed by atoms with Crippen molar-refractivity contribution in [1.29, 1.82) is 0 Å². The van der Waals surface area contributed by atoms with Crippen molar-refractivity contribution >= 4 is 10.9 Å². The predicted molar refractivity (Wildman–Crippen MR) is 100 cm³/mol. The van der Waals surface area contributed by atoms with Crippen LogP contribution in [0, 0.1) is 5.92 Å². The van der Waals surface area contributed by atoms with E-state index in [4.69, 9.17) is 0 Å². The van der Waals surface area contributed by atoms with Crippen LogP contribution >= 0.6 is 0 Å². The zero-order valence-electron chi connectivity index (χ0n) is 14.2. The zero-order valence-corrected chi connectivity index (χ0v) is 14.2. The lowest BCUT2D eigenvalue weighted by atomic mass is 9.90. The molecule has 1 N–H and O–H groups in total. The minimum Gasteiger partial charge on any atom is -0.354 e. The Hall–Kier alpha value is -2.06. The Bertz CT molecular complexity index is 862. The lowest BCUT2D eigenvalue weighted by Crippen LogP contribution is -2.39. The minimum atomic E-state index is 0.699. The van der Waals surface area contributed by atoms with Crippen molar-refractivity contribution < 1.29 is 0 Å². The van der Waals surface area contributed by atoms with E-state index < -0.39 is 0 Å². The molecule has 3 aromatic rings. The molecule has 1 aromatic heterocycles. The maximum Gasteiger partial charge on any atom is 0.0497 e. The molecule has 0 radical (unpaired) electrons. The van der Waals surface area contributed by atoms with E-state index in [1.165, 1.54) is 47.0 Å². The van der Waals surface area contributed by atoms with Gasteiger partial charge in [0.15, 0.2) is 0 Å². The highest BCUT2D eigenvalue weighted by molar-refractivity contribution is 5.90. The molecule has 2 bridgehead atoms. The smallest absolute Gasteiger partial charge is 0.0497 e. The number of para-hydroxylation sites is 1. The second-order valence-electron chi connectivity index (χ2n) is 7.55. The summed E-state index contributed by atoms with van der Waals surface area (Å²) < 4.78 is 0. The first-order valence-corrected chi connectivity index (χ1v) is 9.18. The first-order valence-electron chi connectivity index (χ1n) is 9.18. The number of H-pyrrole nitrogens is 1. The lowest BCUT2D eigenvalue weighted by molar-refractivity contribution is 0.175. The Morgan fingerprint density at radius 3 is 2.58 bits per heavy atom. The number of nitrogens with zero attached hydrogens (tertiary/aromatic N) is 1. The Kier molecular flexibility index (Phi) is 3.27. The lowest BCUT2D eigenvalue weighted by Gasteiger charge is -2.32. The maximum atomic E-state index is 3.69. The molecule has 2 heterocycles. The van der Waals surface area contributed by atoms with Gasteiger partial charge in [0.25, 0.3) is 0 Å². The van der Waals surface area contributed by atoms with Crippen LogP contribution in [0.15, 0.2) is 54.6 Å². The van der Waals surface area contributed by atoms with Crippen molar-refractivity contribution in [3.63, 3.8) is 0 Å². The molecule has 5 rings (SSSR count). The molecule has 2 aromatic carbocycles. The Morgan fingerprint density at radius 2 is 1.79 bits per heavy atom. The normalized spacial score (nSPS) is 26.5. The molecule has 0 amide bonds. The SMILES string of the molecule is CN1C2CCC(C2)C1Cc1c(-c2ccccc2)[nH]c2ccccc12. The molecule has 2 fully saturated rings. The van der Waals surface area contributed by atoms with Gasteiger partial charge in [-0.25, -0.2) is 0 Å². The van der Waals surface area contributed by atoms with Crippen LogP contribution in [0.25, 0.3) is 22.2 Å². The van der Waals surface area contributed by atoms with E-state index in [1.807, 2.05) is 0 Å². The largest absolute Gasteiger partial charge is 0.354 e. The van der Waals surface area contributed by atoms with Crippen molar-refractivity contribution in [3.8, 4) is 11.3 Å². The summed E-state index contributed by atoms with van der Waals surface area (Å²) in [6.07, 6.45) is 5.38. The molecule has 1 aliphatic carbocycles. The first-order chi connectivity index (χ1) is 11.8. The summed E-state index contributed by atoms with van der Waals surface area (Å²) in [5.74, 6) is 0.886. The van der Waals surface area contributed by atoms with E-state index >= 15 is 0 Å². The van der Waals surface area contributed by atoms with Crippen LogP contribution in [0.1, 0.15) is 24.8 Å². The number of nitrogens with one attached hydrogen (secondary N) is 1. The molecule has 2 heteroatoms. The van der Waals surface area contributed by atoms with Gasteiger partial charge in [0, 0.05) is 28.7 Å². The summed E-state index contributed by atoms with van der Waals surface area (Å²) in [7, 11) is 2.34. The molecule has 24 heavy (non-hydrogen) atoms. The zero-order chi connectivity index (χ0) is 16.1. The van der Waals surface area contributed by atoms with Gasteiger partial charge in [-0.3, -0.25) is 4.90 Å². The van der Waals surface area contributed by atoms with E-state index in [9.17, 15) is 0 Å². The molecular formula is C22H24N2. The van der Waals surface area contributed by atoms with Crippen LogP contribution in [-0.2, 0) is 6.42 Å². The topological polar surface area (TPSA) is 19.0 Å². The average molecular weight is 316 g/mol. The molecule has 1 aliphatic heterocycles. The number of aromatic nitrogens is 1. The van der Waals surface area contributed by atoms with Crippen LogP contribution in [0.3, 0.4) is 0 Å². The number of hydrogen-bond acceptors (Lipinski definition) is 1. The van der Waals surface area contributed by atoms with E-state index in [0.29, 0.717) is 6.04 Å². The van der Waals surface area contributed by atoms with Crippen LogP contribution in [0.2, 0.25) is 0 Å². The van der Waals surface area contributed by atoms with Crippen molar-refractivity contribution in [2.45, 2.75) is 37.8 Å². The number of rotatable bonds is 3. The highest BCUT2D eigenvalue weighted by Gasteiger charge is 2.43. The fourth-order valence-corrected chi connectivity index (χ4v) is 5.10.